The van der Waals surface area contributed by atoms with Crippen molar-refractivity contribution in [2.75, 3.05) is 20.3 Å². The van der Waals surface area contributed by atoms with Gasteiger partial charge < -0.3 is 30.1 Å². The SMILES string of the molecule is COc1ccc(CCOc2ccc(C(CC(=O)NCCc3ccc(O)c(O)c3)c3c(O)nc4ccccn4c3=O)cc2)cc1. The molecule has 2 aromatic heterocycles. The zero-order chi connectivity index (χ0) is 31.1. The minimum absolute atomic E-state index is 0.0143. The van der Waals surface area contributed by atoms with E-state index in [9.17, 15) is 24.9 Å². The molecule has 0 aliphatic rings. The van der Waals surface area contributed by atoms with E-state index in [2.05, 4.69) is 10.3 Å². The number of amides is 1. The van der Waals surface area contributed by atoms with Crippen LogP contribution in [-0.4, -0.2) is 50.9 Å². The normalized spacial score (nSPS) is 11.7. The second-order valence-electron chi connectivity index (χ2n) is 10.3. The molecule has 1 atom stereocenters. The lowest BCUT2D eigenvalue weighted by Crippen LogP contribution is -2.30. The number of ether oxygens (including phenoxy) is 2. The first-order chi connectivity index (χ1) is 21.3. The van der Waals surface area contributed by atoms with Crippen LogP contribution in [0.5, 0.6) is 28.9 Å². The maximum Gasteiger partial charge on any atom is 0.265 e. The number of aromatic hydroxyl groups is 3. The number of pyridine rings is 1. The first kappa shape index (κ1) is 30.0. The summed E-state index contributed by atoms with van der Waals surface area (Å²) in [5, 5.41) is 33.0. The van der Waals surface area contributed by atoms with Gasteiger partial charge in [-0.2, -0.15) is 4.98 Å². The molecular formula is C34H33N3O7. The van der Waals surface area contributed by atoms with E-state index in [0.717, 1.165) is 16.9 Å². The number of hydrogen-bond donors (Lipinski definition) is 4. The number of carbonyl (C=O) groups is 1. The Kier molecular flexibility index (Phi) is 9.29. The Balaban J connectivity index is 1.33. The number of carbonyl (C=O) groups excluding carboxylic acids is 1. The quantitative estimate of drug-likeness (QED) is 0.156. The summed E-state index contributed by atoms with van der Waals surface area (Å²) in [7, 11) is 1.63. The predicted octanol–water partition coefficient (Wildman–Crippen LogP) is 4.32. The molecule has 4 N–H and O–H groups in total. The van der Waals surface area contributed by atoms with Gasteiger partial charge in [-0.05, 0) is 71.6 Å². The fourth-order valence-corrected chi connectivity index (χ4v) is 4.99. The molecule has 10 nitrogen and oxygen atoms in total. The smallest absolute Gasteiger partial charge is 0.265 e. The third-order valence-electron chi connectivity index (χ3n) is 7.36. The number of fused-ring (bicyclic) bond motifs is 1. The van der Waals surface area contributed by atoms with Gasteiger partial charge in [0.05, 0.1) is 19.3 Å². The van der Waals surface area contributed by atoms with E-state index in [4.69, 9.17) is 9.47 Å². The van der Waals surface area contributed by atoms with Gasteiger partial charge in [-0.3, -0.25) is 14.0 Å². The van der Waals surface area contributed by atoms with Gasteiger partial charge in [0.25, 0.3) is 5.56 Å². The number of phenolic OH excluding ortho intramolecular Hbond substituents is 2. The number of phenols is 2. The third-order valence-corrected chi connectivity index (χ3v) is 7.36. The molecule has 0 aliphatic carbocycles. The molecule has 2 heterocycles. The number of hydrogen-bond acceptors (Lipinski definition) is 8. The van der Waals surface area contributed by atoms with Crippen molar-refractivity contribution >= 4 is 11.6 Å². The number of nitrogens with zero attached hydrogens (tertiary/aromatic N) is 2. The van der Waals surface area contributed by atoms with Crippen molar-refractivity contribution in [1.82, 2.24) is 14.7 Å². The van der Waals surface area contributed by atoms with Crippen LogP contribution in [0.1, 0.15) is 34.6 Å². The fourth-order valence-electron chi connectivity index (χ4n) is 4.99. The zero-order valence-electron chi connectivity index (χ0n) is 24.1. The van der Waals surface area contributed by atoms with Crippen molar-refractivity contribution < 1.29 is 29.6 Å². The third kappa shape index (κ3) is 7.09. The molecule has 0 saturated heterocycles. The maximum atomic E-state index is 13.5. The molecule has 5 aromatic rings. The average molecular weight is 596 g/mol. The number of methoxy groups -OCH3 is 1. The minimum Gasteiger partial charge on any atom is -0.504 e. The molecule has 0 saturated carbocycles. The summed E-state index contributed by atoms with van der Waals surface area (Å²) >= 11 is 0. The summed E-state index contributed by atoms with van der Waals surface area (Å²) in [6.07, 6.45) is 2.56. The molecule has 10 heteroatoms. The van der Waals surface area contributed by atoms with Crippen LogP contribution in [0.15, 0.2) is 95.9 Å². The van der Waals surface area contributed by atoms with Crippen LogP contribution in [0.25, 0.3) is 5.65 Å². The van der Waals surface area contributed by atoms with Gasteiger partial charge in [-0.1, -0.05) is 36.4 Å². The fraction of sp³-hybridized carbons (Fsp3) is 0.206. The van der Waals surface area contributed by atoms with E-state index in [0.29, 0.717) is 36.4 Å². The Hall–Kier alpha value is -5.51. The van der Waals surface area contributed by atoms with Crippen LogP contribution in [0.4, 0.5) is 0 Å². The standard InChI is InChI=1S/C34H33N3O7/c1-43-25-10-5-22(6-11-25)16-19-44-26-12-8-24(9-13-26)27(32-33(41)36-30-4-2-3-18-37(30)34(32)42)21-31(40)35-17-15-23-7-14-28(38)29(39)20-23/h2-14,18,20,27,38-39,41H,15-17,19,21H2,1H3,(H,35,40). The molecule has 44 heavy (non-hydrogen) atoms. The van der Waals surface area contributed by atoms with Crippen molar-refractivity contribution in [3.63, 3.8) is 0 Å². The highest BCUT2D eigenvalue weighted by atomic mass is 16.5. The molecule has 226 valence electrons. The summed E-state index contributed by atoms with van der Waals surface area (Å²) in [6, 6.07) is 24.4. The summed E-state index contributed by atoms with van der Waals surface area (Å²) in [5.41, 5.74) is 2.31. The van der Waals surface area contributed by atoms with Crippen LogP contribution < -0.4 is 20.3 Å². The van der Waals surface area contributed by atoms with Crippen LogP contribution in [-0.2, 0) is 17.6 Å². The van der Waals surface area contributed by atoms with Gasteiger partial charge in [0.15, 0.2) is 11.5 Å². The van der Waals surface area contributed by atoms with E-state index in [1.165, 1.54) is 16.5 Å². The second kappa shape index (κ2) is 13.6. The van der Waals surface area contributed by atoms with E-state index in [1.54, 1.807) is 61.8 Å². The molecular weight excluding hydrogens is 562 g/mol. The van der Waals surface area contributed by atoms with Crippen LogP contribution in [0.2, 0.25) is 0 Å². The van der Waals surface area contributed by atoms with Crippen molar-refractivity contribution in [1.29, 1.82) is 0 Å². The van der Waals surface area contributed by atoms with Gasteiger partial charge in [-0.15, -0.1) is 0 Å². The van der Waals surface area contributed by atoms with Gasteiger partial charge in [0.1, 0.15) is 17.1 Å². The lowest BCUT2D eigenvalue weighted by Gasteiger charge is -2.19. The van der Waals surface area contributed by atoms with Gasteiger partial charge >= 0.3 is 0 Å². The number of nitrogens with one attached hydrogen (secondary N) is 1. The highest BCUT2D eigenvalue weighted by molar-refractivity contribution is 5.77. The monoisotopic (exact) mass is 595 g/mol. The van der Waals surface area contributed by atoms with Gasteiger partial charge in [-0.25, -0.2) is 0 Å². The van der Waals surface area contributed by atoms with Crippen LogP contribution in [0.3, 0.4) is 0 Å². The van der Waals surface area contributed by atoms with E-state index in [1.807, 2.05) is 24.3 Å². The van der Waals surface area contributed by atoms with Crippen molar-refractivity contribution in [3.05, 3.63) is 124 Å². The topological polar surface area (TPSA) is 143 Å². The van der Waals surface area contributed by atoms with Crippen molar-refractivity contribution in [2.45, 2.75) is 25.2 Å². The molecule has 1 unspecified atom stereocenters. The summed E-state index contributed by atoms with van der Waals surface area (Å²) in [4.78, 5) is 30.9. The first-order valence-electron chi connectivity index (χ1n) is 14.2. The molecule has 0 aliphatic heterocycles. The molecule has 0 spiro atoms. The van der Waals surface area contributed by atoms with Gasteiger partial charge in [0, 0.05) is 31.5 Å². The highest BCUT2D eigenvalue weighted by Crippen LogP contribution is 2.32. The number of benzene rings is 3. The zero-order valence-corrected chi connectivity index (χ0v) is 24.1. The maximum absolute atomic E-state index is 13.5. The number of aromatic nitrogens is 2. The van der Waals surface area contributed by atoms with E-state index < -0.39 is 17.4 Å². The molecule has 0 bridgehead atoms. The second-order valence-corrected chi connectivity index (χ2v) is 10.3. The largest absolute Gasteiger partial charge is 0.504 e. The summed E-state index contributed by atoms with van der Waals surface area (Å²) in [6.45, 7) is 0.713. The number of rotatable bonds is 12. The molecule has 0 radical (unpaired) electrons. The van der Waals surface area contributed by atoms with Crippen molar-refractivity contribution in [3.8, 4) is 28.9 Å². The molecule has 1 amide bonds. The Morgan fingerprint density at radius 3 is 2.34 bits per heavy atom. The Labute approximate surface area is 253 Å². The molecule has 5 rings (SSSR count). The molecule has 3 aromatic carbocycles. The lowest BCUT2D eigenvalue weighted by molar-refractivity contribution is -0.121. The predicted molar refractivity (Wildman–Crippen MR) is 165 cm³/mol. The van der Waals surface area contributed by atoms with Crippen LogP contribution in [0, 0.1) is 0 Å². The van der Waals surface area contributed by atoms with E-state index in [-0.39, 0.29) is 35.9 Å². The Bertz CT molecular complexity index is 1800. The average Bonchev–Trinajstić information content (AvgIpc) is 3.03. The summed E-state index contributed by atoms with van der Waals surface area (Å²) in [5.74, 6) is -0.601. The highest BCUT2D eigenvalue weighted by Gasteiger charge is 2.26. The minimum atomic E-state index is -0.793. The lowest BCUT2D eigenvalue weighted by atomic mass is 9.89. The Morgan fingerprint density at radius 2 is 1.61 bits per heavy atom. The first-order valence-corrected chi connectivity index (χ1v) is 14.2. The Morgan fingerprint density at radius 1 is 0.886 bits per heavy atom. The van der Waals surface area contributed by atoms with Gasteiger partial charge in [0.2, 0.25) is 11.8 Å². The van der Waals surface area contributed by atoms with Crippen LogP contribution >= 0.6 is 0 Å². The summed E-state index contributed by atoms with van der Waals surface area (Å²) < 4.78 is 12.5. The molecule has 0 fully saturated rings. The van der Waals surface area contributed by atoms with Crippen molar-refractivity contribution in [2.24, 2.45) is 0 Å². The van der Waals surface area contributed by atoms with E-state index >= 15 is 0 Å².